The van der Waals surface area contributed by atoms with Gasteiger partial charge in [0.25, 0.3) is 0 Å². The molecule has 2 aliphatic rings. The maximum atomic E-state index is 12.0. The first-order chi connectivity index (χ1) is 13.1. The minimum Gasteiger partial charge on any atom is -0.352 e. The van der Waals surface area contributed by atoms with Crippen LogP contribution in [0.15, 0.2) is 42.7 Å². The standard InChI is InChI=1S/C20H22ClN5O/c1-24-10-11-26(13-20(24)27)19-12-18(22-14-23-19)25-8-6-16(7-9-25)15-2-4-17(21)5-3-15/h2-6,12,14H,7-11,13H2,1H3. The number of hydrogen-bond acceptors (Lipinski definition) is 5. The maximum Gasteiger partial charge on any atom is 0.241 e. The molecular formula is C20H22ClN5O. The van der Waals surface area contributed by atoms with Crippen molar-refractivity contribution in [3.05, 3.63) is 53.3 Å². The van der Waals surface area contributed by atoms with E-state index in [4.69, 9.17) is 11.6 Å². The Bertz CT molecular complexity index is 867. The second-order valence-electron chi connectivity index (χ2n) is 6.90. The number of piperazine rings is 1. The molecule has 1 saturated heterocycles. The summed E-state index contributed by atoms with van der Waals surface area (Å²) in [7, 11) is 1.84. The molecule has 1 amide bonds. The van der Waals surface area contributed by atoms with Gasteiger partial charge in [-0.1, -0.05) is 29.8 Å². The number of benzene rings is 1. The Balaban J connectivity index is 1.47. The number of amides is 1. The first-order valence-corrected chi connectivity index (χ1v) is 9.49. The Morgan fingerprint density at radius 3 is 2.41 bits per heavy atom. The summed E-state index contributed by atoms with van der Waals surface area (Å²) < 4.78 is 0. The second kappa shape index (κ2) is 7.56. The van der Waals surface area contributed by atoms with Crippen LogP contribution in [0.1, 0.15) is 12.0 Å². The van der Waals surface area contributed by atoms with E-state index in [0.717, 1.165) is 49.3 Å². The number of halogens is 1. The van der Waals surface area contributed by atoms with Crippen molar-refractivity contribution < 1.29 is 4.79 Å². The van der Waals surface area contributed by atoms with Crippen LogP contribution in [0, 0.1) is 0 Å². The topological polar surface area (TPSA) is 52.6 Å². The average molecular weight is 384 g/mol. The van der Waals surface area contributed by atoms with Gasteiger partial charge in [0.15, 0.2) is 0 Å². The molecule has 27 heavy (non-hydrogen) atoms. The van der Waals surface area contributed by atoms with Crippen LogP contribution in [-0.2, 0) is 4.79 Å². The normalized spacial score (nSPS) is 17.9. The smallest absolute Gasteiger partial charge is 0.241 e. The third-order valence-electron chi connectivity index (χ3n) is 5.17. The molecule has 0 bridgehead atoms. The van der Waals surface area contributed by atoms with E-state index in [2.05, 4.69) is 33.1 Å². The van der Waals surface area contributed by atoms with E-state index < -0.39 is 0 Å². The van der Waals surface area contributed by atoms with Gasteiger partial charge in [-0.3, -0.25) is 4.79 Å². The van der Waals surface area contributed by atoms with Gasteiger partial charge in [0.2, 0.25) is 5.91 Å². The first-order valence-electron chi connectivity index (χ1n) is 9.11. The van der Waals surface area contributed by atoms with E-state index in [1.54, 1.807) is 11.2 Å². The predicted molar refractivity (Wildman–Crippen MR) is 108 cm³/mol. The Labute approximate surface area is 164 Å². The number of nitrogens with zero attached hydrogens (tertiary/aromatic N) is 5. The summed E-state index contributed by atoms with van der Waals surface area (Å²) in [5.74, 6) is 1.83. The van der Waals surface area contributed by atoms with Crippen molar-refractivity contribution in [2.24, 2.45) is 0 Å². The van der Waals surface area contributed by atoms with Gasteiger partial charge in [-0.25, -0.2) is 9.97 Å². The molecule has 0 spiro atoms. The molecule has 4 rings (SSSR count). The third kappa shape index (κ3) is 3.90. The molecule has 2 aliphatic heterocycles. The van der Waals surface area contributed by atoms with Crippen LogP contribution < -0.4 is 9.80 Å². The van der Waals surface area contributed by atoms with Crippen molar-refractivity contribution in [1.29, 1.82) is 0 Å². The van der Waals surface area contributed by atoms with E-state index >= 15 is 0 Å². The number of anilines is 2. The van der Waals surface area contributed by atoms with Gasteiger partial charge in [-0.2, -0.15) is 0 Å². The molecule has 7 heteroatoms. The molecule has 0 N–H and O–H groups in total. The van der Waals surface area contributed by atoms with Gasteiger partial charge in [0, 0.05) is 44.3 Å². The Morgan fingerprint density at radius 1 is 1.00 bits per heavy atom. The molecule has 0 atom stereocenters. The zero-order chi connectivity index (χ0) is 18.8. The highest BCUT2D eigenvalue weighted by atomic mass is 35.5. The number of carbonyl (C=O) groups excluding carboxylic acids is 1. The SMILES string of the molecule is CN1CCN(c2cc(N3CC=C(c4ccc(Cl)cc4)CC3)ncn2)CC1=O. The predicted octanol–water partition coefficient (Wildman–Crippen LogP) is 2.70. The monoisotopic (exact) mass is 383 g/mol. The summed E-state index contributed by atoms with van der Waals surface area (Å²) >= 11 is 5.98. The van der Waals surface area contributed by atoms with Crippen LogP contribution in [0.5, 0.6) is 0 Å². The van der Waals surface area contributed by atoms with Crippen LogP contribution in [0.25, 0.3) is 5.57 Å². The molecule has 3 heterocycles. The lowest BCUT2D eigenvalue weighted by molar-refractivity contribution is -0.129. The lowest BCUT2D eigenvalue weighted by Crippen LogP contribution is -2.48. The number of aromatic nitrogens is 2. The van der Waals surface area contributed by atoms with Gasteiger partial charge in [0.1, 0.15) is 18.0 Å². The fourth-order valence-corrected chi connectivity index (χ4v) is 3.57. The average Bonchev–Trinajstić information content (AvgIpc) is 2.71. The van der Waals surface area contributed by atoms with Crippen LogP contribution in [0.3, 0.4) is 0 Å². The van der Waals surface area contributed by atoms with Crippen molar-refractivity contribution in [3.63, 3.8) is 0 Å². The van der Waals surface area contributed by atoms with Gasteiger partial charge in [-0.15, -0.1) is 0 Å². The van der Waals surface area contributed by atoms with Gasteiger partial charge in [0.05, 0.1) is 6.54 Å². The molecule has 1 fully saturated rings. The highest BCUT2D eigenvalue weighted by Gasteiger charge is 2.23. The van der Waals surface area contributed by atoms with E-state index in [1.165, 1.54) is 11.1 Å². The summed E-state index contributed by atoms with van der Waals surface area (Å²) in [6.07, 6.45) is 4.79. The highest BCUT2D eigenvalue weighted by Crippen LogP contribution is 2.27. The van der Waals surface area contributed by atoms with E-state index in [1.807, 2.05) is 30.1 Å². The van der Waals surface area contributed by atoms with E-state index in [9.17, 15) is 4.79 Å². The molecule has 0 unspecified atom stereocenters. The molecule has 1 aromatic carbocycles. The van der Waals surface area contributed by atoms with Crippen molar-refractivity contribution in [2.45, 2.75) is 6.42 Å². The quantitative estimate of drug-likeness (QED) is 0.815. The molecule has 2 aromatic rings. The van der Waals surface area contributed by atoms with Crippen molar-refractivity contribution >= 4 is 34.7 Å². The molecule has 1 aromatic heterocycles. The maximum absolute atomic E-state index is 12.0. The van der Waals surface area contributed by atoms with E-state index in [-0.39, 0.29) is 5.91 Å². The summed E-state index contributed by atoms with van der Waals surface area (Å²) in [6.45, 7) is 3.57. The number of carbonyl (C=O) groups is 1. The zero-order valence-corrected chi connectivity index (χ0v) is 16.1. The highest BCUT2D eigenvalue weighted by molar-refractivity contribution is 6.30. The fraction of sp³-hybridized carbons (Fsp3) is 0.350. The lowest BCUT2D eigenvalue weighted by Gasteiger charge is -2.33. The van der Waals surface area contributed by atoms with Crippen LogP contribution >= 0.6 is 11.6 Å². The van der Waals surface area contributed by atoms with Crippen molar-refractivity contribution in [3.8, 4) is 0 Å². The zero-order valence-electron chi connectivity index (χ0n) is 15.3. The van der Waals surface area contributed by atoms with Gasteiger partial charge in [-0.05, 0) is 29.7 Å². The summed E-state index contributed by atoms with van der Waals surface area (Å²) in [5, 5.41) is 0.757. The minimum absolute atomic E-state index is 0.120. The molecule has 6 nitrogen and oxygen atoms in total. The van der Waals surface area contributed by atoms with Gasteiger partial charge < -0.3 is 14.7 Å². The number of likely N-dealkylation sites (N-methyl/N-ethyl adjacent to an activating group) is 1. The van der Waals surface area contributed by atoms with E-state index in [0.29, 0.717) is 6.54 Å². The number of rotatable bonds is 3. The molecule has 140 valence electrons. The fourth-order valence-electron chi connectivity index (χ4n) is 3.44. The van der Waals surface area contributed by atoms with Crippen molar-refractivity contribution in [1.82, 2.24) is 14.9 Å². The summed E-state index contributed by atoms with van der Waals surface area (Å²) in [5.41, 5.74) is 2.56. The summed E-state index contributed by atoms with van der Waals surface area (Å²) in [4.78, 5) is 26.8. The molecule has 0 aliphatic carbocycles. The molecular weight excluding hydrogens is 362 g/mol. The largest absolute Gasteiger partial charge is 0.352 e. The Kier molecular flexibility index (Phi) is 4.99. The van der Waals surface area contributed by atoms with Crippen LogP contribution in [-0.4, -0.2) is 60.5 Å². The first kappa shape index (κ1) is 17.8. The Hall–Kier alpha value is -2.60. The number of hydrogen-bond donors (Lipinski definition) is 0. The van der Waals surface area contributed by atoms with Gasteiger partial charge >= 0.3 is 0 Å². The third-order valence-corrected chi connectivity index (χ3v) is 5.42. The van der Waals surface area contributed by atoms with Crippen LogP contribution in [0.2, 0.25) is 5.02 Å². The molecule has 0 saturated carbocycles. The molecule has 0 radical (unpaired) electrons. The van der Waals surface area contributed by atoms with Crippen molar-refractivity contribution in [2.75, 3.05) is 49.6 Å². The second-order valence-corrected chi connectivity index (χ2v) is 7.34. The van der Waals surface area contributed by atoms with Crippen LogP contribution in [0.4, 0.5) is 11.6 Å². The Morgan fingerprint density at radius 2 is 1.74 bits per heavy atom. The summed E-state index contributed by atoms with van der Waals surface area (Å²) in [6, 6.07) is 9.98. The lowest BCUT2D eigenvalue weighted by atomic mass is 9.99. The minimum atomic E-state index is 0.120.